The van der Waals surface area contributed by atoms with E-state index in [9.17, 15) is 4.79 Å². The van der Waals surface area contributed by atoms with E-state index >= 15 is 0 Å². The van der Waals surface area contributed by atoms with Crippen molar-refractivity contribution >= 4 is 17.4 Å². The van der Waals surface area contributed by atoms with Crippen molar-refractivity contribution in [3.05, 3.63) is 48.0 Å². The number of aromatic nitrogens is 4. The maximum absolute atomic E-state index is 12.8. The fourth-order valence-corrected chi connectivity index (χ4v) is 4.03. The lowest BCUT2D eigenvalue weighted by molar-refractivity contribution is 0.0718. The van der Waals surface area contributed by atoms with E-state index in [0.717, 1.165) is 35.9 Å². The normalized spacial score (nSPS) is 17.3. The summed E-state index contributed by atoms with van der Waals surface area (Å²) in [7, 11) is 0. The van der Waals surface area contributed by atoms with Gasteiger partial charge in [0.15, 0.2) is 5.82 Å². The number of ether oxygens (including phenoxy) is 1. The third-order valence-electron chi connectivity index (χ3n) is 5.83. The Balaban J connectivity index is 1.21. The molecule has 1 amide bonds. The van der Waals surface area contributed by atoms with Gasteiger partial charge >= 0.3 is 0 Å². The molecule has 8 heteroatoms. The van der Waals surface area contributed by atoms with Crippen molar-refractivity contribution < 1.29 is 9.53 Å². The zero-order valence-corrected chi connectivity index (χ0v) is 17.1. The number of hydrogen-bond acceptors (Lipinski definition) is 6. The molecular weight excluding hydrogens is 380 g/mol. The maximum Gasteiger partial charge on any atom is 0.253 e. The molecule has 1 saturated heterocycles. The molecule has 0 radical (unpaired) electrons. The molecule has 1 aliphatic carbocycles. The van der Waals surface area contributed by atoms with Crippen LogP contribution in [0.3, 0.4) is 0 Å². The predicted octanol–water partition coefficient (Wildman–Crippen LogP) is 3.12. The lowest BCUT2D eigenvalue weighted by Crippen LogP contribution is -2.42. The van der Waals surface area contributed by atoms with Crippen LogP contribution in [0.25, 0.3) is 5.65 Å². The molecule has 1 saturated carbocycles. The molecule has 8 nitrogen and oxygen atoms in total. The van der Waals surface area contributed by atoms with Crippen molar-refractivity contribution in [2.45, 2.75) is 44.6 Å². The Labute approximate surface area is 175 Å². The van der Waals surface area contributed by atoms with Crippen molar-refractivity contribution in [1.82, 2.24) is 24.5 Å². The number of nitrogens with one attached hydrogen (secondary N) is 1. The molecule has 3 aromatic rings. The first-order valence-corrected chi connectivity index (χ1v) is 10.7. The Hall–Kier alpha value is -3.16. The number of carbonyl (C=O) groups is 1. The minimum atomic E-state index is 0.0725. The summed E-state index contributed by atoms with van der Waals surface area (Å²) in [5.41, 5.74) is 1.49. The summed E-state index contributed by atoms with van der Waals surface area (Å²) in [6, 6.07) is 7.64. The summed E-state index contributed by atoms with van der Waals surface area (Å²) in [6.45, 7) is 4.00. The molecule has 1 aliphatic heterocycles. The Bertz CT molecular complexity index is 1040. The van der Waals surface area contributed by atoms with Crippen LogP contribution in [-0.4, -0.2) is 56.1 Å². The monoisotopic (exact) mass is 406 g/mol. The number of benzene rings is 1. The summed E-state index contributed by atoms with van der Waals surface area (Å²) in [6.07, 6.45) is 7.85. The quantitative estimate of drug-likeness (QED) is 0.677. The minimum Gasteiger partial charge on any atom is -0.494 e. The second-order valence-electron chi connectivity index (χ2n) is 7.97. The fraction of sp³-hybridized carbons (Fsp3) is 0.455. The van der Waals surface area contributed by atoms with Gasteiger partial charge in [-0.25, -0.2) is 4.98 Å². The van der Waals surface area contributed by atoms with Crippen molar-refractivity contribution in [1.29, 1.82) is 0 Å². The zero-order chi connectivity index (χ0) is 20.5. The molecule has 0 spiro atoms. The number of rotatable bonds is 6. The largest absolute Gasteiger partial charge is 0.494 e. The van der Waals surface area contributed by atoms with Crippen LogP contribution in [0.15, 0.2) is 36.7 Å². The van der Waals surface area contributed by atoms with E-state index in [1.807, 2.05) is 42.3 Å². The van der Waals surface area contributed by atoms with Crippen LogP contribution in [0.2, 0.25) is 0 Å². The third-order valence-corrected chi connectivity index (χ3v) is 5.83. The van der Waals surface area contributed by atoms with Gasteiger partial charge in [-0.3, -0.25) is 9.20 Å². The van der Waals surface area contributed by atoms with E-state index in [1.165, 1.54) is 12.8 Å². The van der Waals surface area contributed by atoms with Crippen LogP contribution in [0.1, 0.15) is 54.7 Å². The molecule has 3 heterocycles. The highest BCUT2D eigenvalue weighted by molar-refractivity contribution is 5.94. The first kappa shape index (κ1) is 18.8. The lowest BCUT2D eigenvalue weighted by atomic mass is 10.0. The fourth-order valence-electron chi connectivity index (χ4n) is 4.03. The topological polar surface area (TPSA) is 84.7 Å². The molecule has 2 aromatic heterocycles. The van der Waals surface area contributed by atoms with E-state index < -0.39 is 0 Å². The minimum absolute atomic E-state index is 0.0725. The molecule has 156 valence electrons. The molecule has 2 fully saturated rings. The van der Waals surface area contributed by atoms with Crippen molar-refractivity contribution in [3.63, 3.8) is 0 Å². The van der Waals surface area contributed by atoms with Gasteiger partial charge in [-0.05, 0) is 56.9 Å². The molecule has 0 bridgehead atoms. The number of fused-ring (bicyclic) bond motifs is 1. The average molecular weight is 406 g/mol. The Morgan fingerprint density at radius 3 is 2.60 bits per heavy atom. The second kappa shape index (κ2) is 7.93. The van der Waals surface area contributed by atoms with Gasteiger partial charge in [-0.2, -0.15) is 0 Å². The van der Waals surface area contributed by atoms with Gasteiger partial charge in [0.2, 0.25) is 5.65 Å². The van der Waals surface area contributed by atoms with Gasteiger partial charge in [0.25, 0.3) is 5.91 Å². The van der Waals surface area contributed by atoms with E-state index in [1.54, 1.807) is 6.20 Å². The van der Waals surface area contributed by atoms with E-state index in [0.29, 0.717) is 31.2 Å². The van der Waals surface area contributed by atoms with Crippen LogP contribution < -0.4 is 10.1 Å². The van der Waals surface area contributed by atoms with Crippen molar-refractivity contribution in [2.75, 3.05) is 25.0 Å². The van der Waals surface area contributed by atoms with Gasteiger partial charge < -0.3 is 15.0 Å². The lowest BCUT2D eigenvalue weighted by Gasteiger charge is -2.32. The second-order valence-corrected chi connectivity index (χ2v) is 7.97. The zero-order valence-electron chi connectivity index (χ0n) is 17.1. The van der Waals surface area contributed by atoms with Crippen LogP contribution in [0.4, 0.5) is 5.82 Å². The van der Waals surface area contributed by atoms with Gasteiger partial charge in [0, 0.05) is 43.0 Å². The van der Waals surface area contributed by atoms with Crippen LogP contribution in [0.5, 0.6) is 5.75 Å². The summed E-state index contributed by atoms with van der Waals surface area (Å²) in [5, 5.41) is 12.3. The highest BCUT2D eigenvalue weighted by atomic mass is 16.5. The molecule has 1 N–H and O–H groups in total. The summed E-state index contributed by atoms with van der Waals surface area (Å²) in [4.78, 5) is 19.2. The summed E-state index contributed by atoms with van der Waals surface area (Å²) < 4.78 is 7.51. The highest BCUT2D eigenvalue weighted by Crippen LogP contribution is 2.39. The first-order chi connectivity index (χ1) is 14.7. The number of piperidine rings is 1. The molecular formula is C22H26N6O2. The highest BCUT2D eigenvalue weighted by Gasteiger charge is 2.30. The van der Waals surface area contributed by atoms with E-state index in [4.69, 9.17) is 4.74 Å². The molecule has 30 heavy (non-hydrogen) atoms. The van der Waals surface area contributed by atoms with Crippen LogP contribution >= 0.6 is 0 Å². The number of carbonyl (C=O) groups excluding carboxylic acids is 1. The standard InChI is InChI=1S/C22H26N6O2/c1-2-30-18-7-5-16(6-8-18)22(29)27-12-9-17(10-13-27)24-19-21-26-25-20(15-3-4-15)28(21)14-11-23-19/h5-8,11,14-15,17H,2-4,9-10,12-13H2,1H3,(H,23,24). The molecule has 0 unspecified atom stereocenters. The van der Waals surface area contributed by atoms with Crippen molar-refractivity contribution in [2.24, 2.45) is 0 Å². The number of hydrogen-bond donors (Lipinski definition) is 1. The average Bonchev–Trinajstić information content (AvgIpc) is 3.53. The Morgan fingerprint density at radius 1 is 1.13 bits per heavy atom. The van der Waals surface area contributed by atoms with Gasteiger partial charge in [0.1, 0.15) is 11.6 Å². The summed E-state index contributed by atoms with van der Waals surface area (Å²) >= 11 is 0. The van der Waals surface area contributed by atoms with Crippen LogP contribution in [0, 0.1) is 0 Å². The third kappa shape index (κ3) is 3.69. The molecule has 1 aromatic carbocycles. The van der Waals surface area contributed by atoms with Gasteiger partial charge in [-0.1, -0.05) is 0 Å². The van der Waals surface area contributed by atoms with Gasteiger partial charge in [0.05, 0.1) is 6.61 Å². The number of likely N-dealkylation sites (tertiary alicyclic amines) is 1. The maximum atomic E-state index is 12.8. The van der Waals surface area contributed by atoms with E-state index in [2.05, 4.69) is 24.9 Å². The van der Waals surface area contributed by atoms with E-state index in [-0.39, 0.29) is 11.9 Å². The Morgan fingerprint density at radius 2 is 1.90 bits per heavy atom. The van der Waals surface area contributed by atoms with Gasteiger partial charge in [-0.15, -0.1) is 10.2 Å². The molecule has 5 rings (SSSR count). The number of amides is 1. The smallest absolute Gasteiger partial charge is 0.253 e. The SMILES string of the molecule is CCOc1ccc(C(=O)N2CCC(Nc3nccn4c(C5CC5)nnc34)CC2)cc1. The molecule has 2 aliphatic rings. The Kier molecular flexibility index (Phi) is 4.98. The molecule has 0 atom stereocenters. The number of anilines is 1. The number of nitrogens with zero attached hydrogens (tertiary/aromatic N) is 5. The predicted molar refractivity (Wildman–Crippen MR) is 113 cm³/mol. The van der Waals surface area contributed by atoms with Crippen molar-refractivity contribution in [3.8, 4) is 5.75 Å². The summed E-state index contributed by atoms with van der Waals surface area (Å²) in [5.74, 6) is 3.20. The first-order valence-electron chi connectivity index (χ1n) is 10.7. The van der Waals surface area contributed by atoms with Crippen LogP contribution in [-0.2, 0) is 0 Å².